The lowest BCUT2D eigenvalue weighted by Crippen LogP contribution is -2.37. The predicted molar refractivity (Wildman–Crippen MR) is 117 cm³/mol. The van der Waals surface area contributed by atoms with E-state index < -0.39 is 0 Å². The molecule has 0 radical (unpaired) electrons. The molecule has 0 aliphatic carbocycles. The highest BCUT2D eigenvalue weighted by Crippen LogP contribution is 2.27. The molecule has 146 valence electrons. The summed E-state index contributed by atoms with van der Waals surface area (Å²) in [6, 6.07) is 18.4. The van der Waals surface area contributed by atoms with E-state index in [9.17, 15) is 0 Å². The van der Waals surface area contributed by atoms with Crippen molar-refractivity contribution < 1.29 is 4.74 Å². The number of aliphatic imine (C=N–C) groups is 1. The predicted octanol–water partition coefficient (Wildman–Crippen LogP) is 4.03. The molecule has 0 aliphatic rings. The van der Waals surface area contributed by atoms with Gasteiger partial charge < -0.3 is 15.4 Å². The van der Waals surface area contributed by atoms with Gasteiger partial charge in [-0.2, -0.15) is 0 Å². The summed E-state index contributed by atoms with van der Waals surface area (Å²) in [7, 11) is 3.47. The lowest BCUT2D eigenvalue weighted by molar-refractivity contribution is 0.414. The van der Waals surface area contributed by atoms with E-state index in [0.29, 0.717) is 6.54 Å². The molecule has 0 bridgehead atoms. The molecule has 0 aliphatic heterocycles. The van der Waals surface area contributed by atoms with Crippen molar-refractivity contribution in [2.45, 2.75) is 19.9 Å². The van der Waals surface area contributed by atoms with Crippen molar-refractivity contribution in [1.29, 1.82) is 0 Å². The van der Waals surface area contributed by atoms with Gasteiger partial charge in [0.25, 0.3) is 0 Å². The van der Waals surface area contributed by atoms with Gasteiger partial charge in [0.2, 0.25) is 0 Å². The van der Waals surface area contributed by atoms with E-state index in [4.69, 9.17) is 9.72 Å². The molecule has 0 amide bonds. The lowest BCUT2D eigenvalue weighted by atomic mass is 10.1. The standard InChI is InChI=1S/C22H26N4OS/c1-16-20(28-21(26-16)18-7-5-4-6-8-18)15-25-22(23-2)24-14-13-17-9-11-19(27-3)12-10-17/h4-12H,13-15H2,1-3H3,(H2,23,24,25). The second-order valence-electron chi connectivity index (χ2n) is 6.34. The Morgan fingerprint density at radius 2 is 1.82 bits per heavy atom. The highest BCUT2D eigenvalue weighted by molar-refractivity contribution is 7.15. The highest BCUT2D eigenvalue weighted by Gasteiger charge is 2.09. The first-order valence-electron chi connectivity index (χ1n) is 9.28. The maximum absolute atomic E-state index is 5.19. The van der Waals surface area contributed by atoms with Crippen LogP contribution in [0.2, 0.25) is 0 Å². The number of aromatic nitrogens is 1. The number of hydrogen-bond acceptors (Lipinski definition) is 4. The molecule has 0 unspecified atom stereocenters. The molecule has 0 saturated heterocycles. The van der Waals surface area contributed by atoms with E-state index in [1.54, 1.807) is 25.5 Å². The Morgan fingerprint density at radius 3 is 2.50 bits per heavy atom. The van der Waals surface area contributed by atoms with Crippen LogP contribution in [0.3, 0.4) is 0 Å². The first kappa shape index (κ1) is 19.9. The number of nitrogens with zero attached hydrogens (tertiary/aromatic N) is 2. The maximum atomic E-state index is 5.19. The molecular weight excluding hydrogens is 368 g/mol. The van der Waals surface area contributed by atoms with Crippen molar-refractivity contribution in [2.75, 3.05) is 20.7 Å². The topological polar surface area (TPSA) is 58.5 Å². The Kier molecular flexibility index (Phi) is 7.03. The first-order valence-corrected chi connectivity index (χ1v) is 10.1. The molecule has 2 aromatic carbocycles. The van der Waals surface area contributed by atoms with Crippen LogP contribution in [0.5, 0.6) is 5.75 Å². The van der Waals surface area contributed by atoms with E-state index >= 15 is 0 Å². The third-order valence-corrected chi connectivity index (χ3v) is 5.63. The molecule has 0 saturated carbocycles. The number of aryl methyl sites for hydroxylation is 1. The number of rotatable bonds is 7. The Labute approximate surface area is 170 Å². The normalized spacial score (nSPS) is 11.3. The number of benzene rings is 2. The Hall–Kier alpha value is -2.86. The fraction of sp³-hybridized carbons (Fsp3) is 0.273. The van der Waals surface area contributed by atoms with Crippen molar-refractivity contribution in [3.63, 3.8) is 0 Å². The fourth-order valence-corrected chi connectivity index (χ4v) is 3.81. The van der Waals surface area contributed by atoms with E-state index in [1.807, 2.05) is 30.3 Å². The lowest BCUT2D eigenvalue weighted by Gasteiger charge is -2.11. The minimum atomic E-state index is 0.707. The summed E-state index contributed by atoms with van der Waals surface area (Å²) in [5.41, 5.74) is 3.48. The molecular formula is C22H26N4OS. The molecule has 0 fully saturated rings. The summed E-state index contributed by atoms with van der Waals surface area (Å²) in [5.74, 6) is 1.67. The monoisotopic (exact) mass is 394 g/mol. The minimum absolute atomic E-state index is 0.707. The zero-order valence-electron chi connectivity index (χ0n) is 16.5. The van der Waals surface area contributed by atoms with Gasteiger partial charge in [-0.25, -0.2) is 4.98 Å². The molecule has 3 aromatic rings. The van der Waals surface area contributed by atoms with Crippen molar-refractivity contribution >= 4 is 17.3 Å². The molecule has 28 heavy (non-hydrogen) atoms. The van der Waals surface area contributed by atoms with Crippen molar-refractivity contribution in [3.05, 3.63) is 70.7 Å². The van der Waals surface area contributed by atoms with Crippen LogP contribution in [0.4, 0.5) is 0 Å². The number of methoxy groups -OCH3 is 1. The minimum Gasteiger partial charge on any atom is -0.497 e. The van der Waals surface area contributed by atoms with Gasteiger partial charge in [-0.15, -0.1) is 11.3 Å². The quantitative estimate of drug-likeness (QED) is 0.469. The molecule has 0 atom stereocenters. The van der Waals surface area contributed by atoms with Gasteiger partial charge in [0.05, 0.1) is 19.3 Å². The van der Waals surface area contributed by atoms with Gasteiger partial charge in [-0.1, -0.05) is 42.5 Å². The molecule has 1 heterocycles. The average Bonchev–Trinajstić information content (AvgIpc) is 3.12. The first-order chi connectivity index (χ1) is 13.7. The summed E-state index contributed by atoms with van der Waals surface area (Å²) in [5, 5.41) is 7.80. The molecule has 2 N–H and O–H groups in total. The van der Waals surface area contributed by atoms with Gasteiger partial charge >= 0.3 is 0 Å². The molecule has 3 rings (SSSR count). The van der Waals surface area contributed by atoms with Crippen LogP contribution in [0, 0.1) is 6.92 Å². The highest BCUT2D eigenvalue weighted by atomic mass is 32.1. The van der Waals surface area contributed by atoms with Crippen LogP contribution >= 0.6 is 11.3 Å². The Morgan fingerprint density at radius 1 is 1.07 bits per heavy atom. The Bertz CT molecular complexity index is 904. The zero-order chi connectivity index (χ0) is 19.8. The van der Waals surface area contributed by atoms with Crippen LogP contribution in [-0.2, 0) is 13.0 Å². The SMILES string of the molecule is CN=C(NCCc1ccc(OC)cc1)NCc1sc(-c2ccccc2)nc1C. The van der Waals surface area contributed by atoms with E-state index in [1.165, 1.54) is 10.4 Å². The summed E-state index contributed by atoms with van der Waals surface area (Å²) in [6.07, 6.45) is 0.919. The van der Waals surface area contributed by atoms with Crippen LogP contribution in [0.1, 0.15) is 16.1 Å². The van der Waals surface area contributed by atoms with Gasteiger partial charge in [-0.3, -0.25) is 4.99 Å². The van der Waals surface area contributed by atoms with Crippen molar-refractivity contribution in [2.24, 2.45) is 4.99 Å². The van der Waals surface area contributed by atoms with E-state index in [-0.39, 0.29) is 0 Å². The number of hydrogen-bond donors (Lipinski definition) is 2. The molecule has 6 heteroatoms. The number of guanidine groups is 1. The molecule has 1 aromatic heterocycles. The van der Waals surface area contributed by atoms with Crippen LogP contribution in [0.25, 0.3) is 10.6 Å². The van der Waals surface area contributed by atoms with Gasteiger partial charge in [0.15, 0.2) is 5.96 Å². The summed E-state index contributed by atoms with van der Waals surface area (Å²) in [4.78, 5) is 10.2. The molecule has 0 spiro atoms. The summed E-state index contributed by atoms with van der Waals surface area (Å²) >= 11 is 1.72. The average molecular weight is 395 g/mol. The van der Waals surface area contributed by atoms with Crippen LogP contribution in [-0.4, -0.2) is 31.6 Å². The zero-order valence-corrected chi connectivity index (χ0v) is 17.3. The summed E-state index contributed by atoms with van der Waals surface area (Å²) in [6.45, 7) is 3.57. The largest absolute Gasteiger partial charge is 0.497 e. The van der Waals surface area contributed by atoms with E-state index in [2.05, 4.69) is 46.8 Å². The number of thiazole rings is 1. The van der Waals surface area contributed by atoms with Crippen molar-refractivity contribution in [3.8, 4) is 16.3 Å². The number of nitrogens with one attached hydrogen (secondary N) is 2. The fourth-order valence-electron chi connectivity index (χ4n) is 2.80. The van der Waals surface area contributed by atoms with Crippen LogP contribution < -0.4 is 15.4 Å². The smallest absolute Gasteiger partial charge is 0.191 e. The third kappa shape index (κ3) is 5.33. The maximum Gasteiger partial charge on any atom is 0.191 e. The van der Waals surface area contributed by atoms with Gasteiger partial charge in [0, 0.05) is 24.0 Å². The Balaban J connectivity index is 1.50. The second kappa shape index (κ2) is 9.90. The third-order valence-electron chi connectivity index (χ3n) is 4.42. The van der Waals surface area contributed by atoms with Gasteiger partial charge in [0.1, 0.15) is 10.8 Å². The van der Waals surface area contributed by atoms with Gasteiger partial charge in [-0.05, 0) is 31.0 Å². The molecule has 5 nitrogen and oxygen atoms in total. The van der Waals surface area contributed by atoms with Crippen LogP contribution in [0.15, 0.2) is 59.6 Å². The summed E-state index contributed by atoms with van der Waals surface area (Å²) < 4.78 is 5.19. The van der Waals surface area contributed by atoms with Crippen molar-refractivity contribution in [1.82, 2.24) is 15.6 Å². The number of ether oxygens (including phenoxy) is 1. The van der Waals surface area contributed by atoms with E-state index in [0.717, 1.165) is 40.9 Å². The second-order valence-corrected chi connectivity index (χ2v) is 7.43.